The lowest BCUT2D eigenvalue weighted by Gasteiger charge is -2.25. The van der Waals surface area contributed by atoms with Crippen LogP contribution < -0.4 is 27.4 Å². The molecule has 1 aromatic heterocycles. The molecule has 208 valence electrons. The second-order valence-corrected chi connectivity index (χ2v) is 9.09. The van der Waals surface area contributed by atoms with E-state index in [0.717, 1.165) is 16.5 Å². The largest absolute Gasteiger partial charge is 0.481 e. The number of para-hydroxylation sites is 1. The van der Waals surface area contributed by atoms with E-state index in [4.69, 9.17) is 16.6 Å². The van der Waals surface area contributed by atoms with Crippen molar-refractivity contribution in [2.75, 3.05) is 6.54 Å². The lowest BCUT2D eigenvalue weighted by atomic mass is 10.0. The van der Waals surface area contributed by atoms with Crippen molar-refractivity contribution in [3.63, 3.8) is 0 Å². The number of rotatable bonds is 16. The zero-order valence-corrected chi connectivity index (χ0v) is 21.2. The summed E-state index contributed by atoms with van der Waals surface area (Å²) in [5.74, 6) is -4.60. The maximum absolute atomic E-state index is 13.4. The van der Waals surface area contributed by atoms with Gasteiger partial charge in [0.15, 0.2) is 0 Å². The molecule has 0 radical (unpaired) electrons. The van der Waals surface area contributed by atoms with Crippen LogP contribution in [0.1, 0.15) is 44.6 Å². The van der Waals surface area contributed by atoms with E-state index in [1.807, 2.05) is 24.3 Å². The van der Waals surface area contributed by atoms with Crippen molar-refractivity contribution in [2.45, 2.75) is 69.6 Å². The Hall–Kier alpha value is -3.97. The summed E-state index contributed by atoms with van der Waals surface area (Å²) in [6, 6.07) is 2.88. The molecule has 13 heteroatoms. The summed E-state index contributed by atoms with van der Waals surface area (Å²) in [6.07, 6.45) is 2.21. The number of hydrogen-bond acceptors (Lipinski definition) is 7. The molecule has 3 amide bonds. The number of carbonyl (C=O) groups excluding carboxylic acids is 3. The molecule has 0 aliphatic heterocycles. The topological polar surface area (TPSA) is 230 Å². The third kappa shape index (κ3) is 9.16. The number of hydrogen-bond donors (Lipinski definition) is 8. The third-order valence-electron chi connectivity index (χ3n) is 5.99. The Bertz CT molecular complexity index is 1130. The number of carboxylic acids is 2. The van der Waals surface area contributed by atoms with Gasteiger partial charge < -0.3 is 42.6 Å². The first-order chi connectivity index (χ1) is 18.0. The Labute approximate surface area is 219 Å². The Morgan fingerprint density at radius 2 is 1.53 bits per heavy atom. The Morgan fingerprint density at radius 1 is 0.895 bits per heavy atom. The van der Waals surface area contributed by atoms with Gasteiger partial charge in [-0.05, 0) is 50.8 Å². The van der Waals surface area contributed by atoms with Crippen molar-refractivity contribution >= 4 is 40.6 Å². The highest BCUT2D eigenvalue weighted by molar-refractivity contribution is 5.94. The van der Waals surface area contributed by atoms with Crippen LogP contribution in [0.3, 0.4) is 0 Å². The molecule has 0 fully saturated rings. The van der Waals surface area contributed by atoms with E-state index in [0.29, 0.717) is 19.4 Å². The number of aromatic amines is 1. The van der Waals surface area contributed by atoms with E-state index in [1.54, 1.807) is 6.20 Å². The number of fused-ring (bicyclic) bond motifs is 1. The number of unbranched alkanes of at least 4 members (excludes halogenated alkanes) is 1. The molecule has 2 rings (SSSR count). The van der Waals surface area contributed by atoms with Gasteiger partial charge in [0, 0.05) is 29.9 Å². The monoisotopic (exact) mass is 532 g/mol. The maximum Gasteiger partial charge on any atom is 0.326 e. The number of nitrogens with two attached hydrogens (primary N) is 2. The van der Waals surface area contributed by atoms with Crippen molar-refractivity contribution < 1.29 is 34.2 Å². The Balaban J connectivity index is 2.25. The number of aromatic nitrogens is 1. The molecule has 0 saturated heterocycles. The van der Waals surface area contributed by atoms with Crippen molar-refractivity contribution in [1.82, 2.24) is 20.9 Å². The lowest BCUT2D eigenvalue weighted by molar-refractivity contribution is -0.143. The molecule has 38 heavy (non-hydrogen) atoms. The van der Waals surface area contributed by atoms with E-state index in [-0.39, 0.29) is 19.3 Å². The van der Waals surface area contributed by atoms with Gasteiger partial charge in [-0.25, -0.2) is 4.79 Å². The predicted octanol–water partition coefficient (Wildman–Crippen LogP) is -0.410. The smallest absolute Gasteiger partial charge is 0.326 e. The van der Waals surface area contributed by atoms with Crippen LogP contribution in [0.15, 0.2) is 30.5 Å². The first kappa shape index (κ1) is 30.3. The minimum Gasteiger partial charge on any atom is -0.481 e. The van der Waals surface area contributed by atoms with Crippen LogP contribution in [0.5, 0.6) is 0 Å². The highest BCUT2D eigenvalue weighted by Crippen LogP contribution is 2.19. The summed E-state index contributed by atoms with van der Waals surface area (Å²) in [5.41, 5.74) is 12.8. The highest BCUT2D eigenvalue weighted by atomic mass is 16.4. The van der Waals surface area contributed by atoms with Crippen molar-refractivity contribution in [1.29, 1.82) is 0 Å². The van der Waals surface area contributed by atoms with Gasteiger partial charge in [0.2, 0.25) is 17.7 Å². The van der Waals surface area contributed by atoms with Crippen molar-refractivity contribution in [2.24, 2.45) is 11.5 Å². The predicted molar refractivity (Wildman–Crippen MR) is 139 cm³/mol. The summed E-state index contributed by atoms with van der Waals surface area (Å²) in [6.45, 7) is 1.83. The van der Waals surface area contributed by atoms with Gasteiger partial charge in [-0.3, -0.25) is 19.2 Å². The number of amides is 3. The molecule has 4 atom stereocenters. The van der Waals surface area contributed by atoms with Crippen LogP contribution in [0, 0.1) is 0 Å². The molecule has 13 nitrogen and oxygen atoms in total. The fraction of sp³-hybridized carbons (Fsp3) is 0.480. The molecule has 1 heterocycles. The third-order valence-corrected chi connectivity index (χ3v) is 5.99. The summed E-state index contributed by atoms with van der Waals surface area (Å²) in [4.78, 5) is 64.3. The van der Waals surface area contributed by atoms with Crippen LogP contribution in [-0.4, -0.2) is 75.6 Å². The average Bonchev–Trinajstić information content (AvgIpc) is 3.27. The molecule has 0 bridgehead atoms. The number of benzene rings is 1. The second kappa shape index (κ2) is 14.7. The van der Waals surface area contributed by atoms with Gasteiger partial charge in [-0.15, -0.1) is 0 Å². The summed E-state index contributed by atoms with van der Waals surface area (Å²) < 4.78 is 0. The normalized spacial score (nSPS) is 14.2. The molecule has 0 aliphatic rings. The van der Waals surface area contributed by atoms with Crippen LogP contribution in [0.25, 0.3) is 10.9 Å². The van der Waals surface area contributed by atoms with Gasteiger partial charge in [0.05, 0.1) is 6.04 Å². The van der Waals surface area contributed by atoms with Gasteiger partial charge in [0.1, 0.15) is 18.1 Å². The number of nitrogens with one attached hydrogen (secondary N) is 4. The van der Waals surface area contributed by atoms with Gasteiger partial charge in [-0.1, -0.05) is 18.2 Å². The SMILES string of the molecule is CC(N)C(=O)NC(Cc1c[nH]c2ccccc12)C(=O)NC(CCCCN)C(=O)NC(CCC(=O)O)C(=O)O. The van der Waals surface area contributed by atoms with Crippen molar-refractivity contribution in [3.8, 4) is 0 Å². The molecule has 0 spiro atoms. The van der Waals surface area contributed by atoms with Gasteiger partial charge in [-0.2, -0.15) is 0 Å². The minimum atomic E-state index is -1.45. The minimum absolute atomic E-state index is 0.0990. The maximum atomic E-state index is 13.4. The standard InChI is InChI=1S/C25H36N6O7/c1-14(27)22(34)31-20(12-15-13-28-17-7-3-2-6-16(15)17)24(36)29-18(8-4-5-11-26)23(35)30-19(25(37)38)9-10-21(32)33/h2-3,6-7,13-14,18-20,28H,4-5,8-12,26-27H2,1H3,(H,29,36)(H,30,35)(H,31,34)(H,32,33)(H,37,38). The van der Waals surface area contributed by atoms with E-state index < -0.39 is 60.2 Å². The number of carboxylic acid groups (broad SMARTS) is 2. The van der Waals surface area contributed by atoms with Crippen LogP contribution in [0.4, 0.5) is 0 Å². The summed E-state index contributed by atoms with van der Waals surface area (Å²) >= 11 is 0. The van der Waals surface area contributed by atoms with Gasteiger partial charge >= 0.3 is 11.9 Å². The quantitative estimate of drug-likeness (QED) is 0.131. The highest BCUT2D eigenvalue weighted by Gasteiger charge is 2.30. The summed E-state index contributed by atoms with van der Waals surface area (Å²) in [5, 5.41) is 26.7. The van der Waals surface area contributed by atoms with E-state index in [1.165, 1.54) is 6.92 Å². The molecule has 0 aliphatic carbocycles. The van der Waals surface area contributed by atoms with E-state index in [9.17, 15) is 29.1 Å². The fourth-order valence-electron chi connectivity index (χ4n) is 3.86. The zero-order chi connectivity index (χ0) is 28.2. The zero-order valence-electron chi connectivity index (χ0n) is 21.2. The Kier molecular flexibility index (Phi) is 11.7. The molecule has 4 unspecified atom stereocenters. The van der Waals surface area contributed by atoms with Crippen LogP contribution in [0.2, 0.25) is 0 Å². The lowest BCUT2D eigenvalue weighted by Crippen LogP contribution is -2.57. The van der Waals surface area contributed by atoms with Crippen molar-refractivity contribution in [3.05, 3.63) is 36.0 Å². The molecule has 0 saturated carbocycles. The van der Waals surface area contributed by atoms with E-state index in [2.05, 4.69) is 20.9 Å². The number of carbonyl (C=O) groups is 5. The first-order valence-electron chi connectivity index (χ1n) is 12.4. The molecular formula is C25H36N6O7. The van der Waals surface area contributed by atoms with Crippen LogP contribution >= 0.6 is 0 Å². The molecule has 2 aromatic rings. The molecule has 10 N–H and O–H groups in total. The van der Waals surface area contributed by atoms with E-state index >= 15 is 0 Å². The molecule has 1 aromatic carbocycles. The molecular weight excluding hydrogens is 496 g/mol. The Morgan fingerprint density at radius 3 is 2.16 bits per heavy atom. The average molecular weight is 533 g/mol. The van der Waals surface area contributed by atoms with Crippen LogP contribution in [-0.2, 0) is 30.4 Å². The first-order valence-corrected chi connectivity index (χ1v) is 12.4. The fourth-order valence-corrected chi connectivity index (χ4v) is 3.86. The summed E-state index contributed by atoms with van der Waals surface area (Å²) in [7, 11) is 0. The second-order valence-electron chi connectivity index (χ2n) is 9.09. The number of H-pyrrole nitrogens is 1. The number of aliphatic carboxylic acids is 2. The van der Waals surface area contributed by atoms with Gasteiger partial charge in [0.25, 0.3) is 0 Å².